The van der Waals surface area contributed by atoms with Gasteiger partial charge in [0.2, 0.25) is 5.91 Å². The van der Waals surface area contributed by atoms with Gasteiger partial charge in [-0.3, -0.25) is 4.79 Å². The van der Waals surface area contributed by atoms with Crippen LogP contribution in [0.4, 0.5) is 0 Å². The number of ether oxygens (including phenoxy) is 2. The number of fused-ring (bicyclic) bond motifs is 1. The second kappa shape index (κ2) is 9.11. The molecular weight excluding hydrogens is 500 g/mol. The number of amides is 1. The highest BCUT2D eigenvalue weighted by Gasteiger charge is 2.70. The first-order valence-corrected chi connectivity index (χ1v) is 13.1. The minimum atomic E-state index is -4.04. The molecule has 0 unspecified atom stereocenters. The molecule has 2 aliphatic heterocycles. The predicted octanol–water partition coefficient (Wildman–Crippen LogP) is 1.51. The Hall–Kier alpha value is -4.06. The molecule has 2 aliphatic rings. The smallest absolute Gasteiger partial charge is 0.360 e. The van der Waals surface area contributed by atoms with Crippen LogP contribution >= 0.6 is 0 Å². The SMILES string of the molecule is COC(=O)c1cn(C[C@@]2(C)[C@H](C(=O)OC(c3ccccc3)c3ccccc3)N3C(=O)C[C@@H]3S2(=O)=O)nn1. The van der Waals surface area contributed by atoms with E-state index in [1.165, 1.54) is 20.2 Å². The Morgan fingerprint density at radius 2 is 1.68 bits per heavy atom. The van der Waals surface area contributed by atoms with Gasteiger partial charge in [-0.15, -0.1) is 5.10 Å². The van der Waals surface area contributed by atoms with E-state index in [1.54, 1.807) is 24.3 Å². The van der Waals surface area contributed by atoms with Gasteiger partial charge in [-0.05, 0) is 18.1 Å². The quantitative estimate of drug-likeness (QED) is 0.332. The summed E-state index contributed by atoms with van der Waals surface area (Å²) >= 11 is 0. The van der Waals surface area contributed by atoms with Crippen molar-refractivity contribution in [1.29, 1.82) is 0 Å². The normalized spacial score (nSPS) is 23.9. The maximum absolute atomic E-state index is 13.8. The van der Waals surface area contributed by atoms with Crippen LogP contribution in [0.15, 0.2) is 66.9 Å². The van der Waals surface area contributed by atoms with E-state index >= 15 is 0 Å². The second-order valence-electron chi connectivity index (χ2n) is 9.15. The van der Waals surface area contributed by atoms with Crippen LogP contribution in [-0.4, -0.2) is 69.4 Å². The standard InChI is InChI=1S/C25H24N4O7S/c1-25(15-28-14-18(26-27-28)23(31)35-2)22(29-19(30)13-20(29)37(25,33)34)24(32)36-21(16-9-5-3-6-10-16)17-11-7-4-8-12-17/h3-12,14,20-22H,13,15H2,1-2H3/t20-,22-,25-/m0/s1. The van der Waals surface area contributed by atoms with Crippen molar-refractivity contribution in [3.05, 3.63) is 83.7 Å². The number of nitrogens with zero attached hydrogens (tertiary/aromatic N) is 4. The molecule has 0 bridgehead atoms. The average Bonchev–Trinajstić information content (AvgIpc) is 3.41. The largest absolute Gasteiger partial charge is 0.464 e. The van der Waals surface area contributed by atoms with Gasteiger partial charge in [0.1, 0.15) is 10.1 Å². The van der Waals surface area contributed by atoms with Crippen molar-refractivity contribution < 1.29 is 32.3 Å². The molecule has 12 heteroatoms. The van der Waals surface area contributed by atoms with Crippen LogP contribution in [-0.2, 0) is 35.4 Å². The topological polar surface area (TPSA) is 138 Å². The lowest BCUT2D eigenvalue weighted by Gasteiger charge is -2.37. The lowest BCUT2D eigenvalue weighted by atomic mass is 9.95. The zero-order chi connectivity index (χ0) is 26.4. The zero-order valence-electron chi connectivity index (χ0n) is 20.1. The lowest BCUT2D eigenvalue weighted by molar-refractivity contribution is -0.164. The van der Waals surface area contributed by atoms with E-state index in [1.807, 2.05) is 36.4 Å². The molecule has 0 radical (unpaired) electrons. The minimum absolute atomic E-state index is 0.117. The summed E-state index contributed by atoms with van der Waals surface area (Å²) in [5.74, 6) is -2.05. The summed E-state index contributed by atoms with van der Waals surface area (Å²) in [7, 11) is -2.85. The molecular formula is C25H24N4O7S. The van der Waals surface area contributed by atoms with Gasteiger partial charge in [0.25, 0.3) is 0 Å². The molecule has 0 aliphatic carbocycles. The molecule has 3 atom stereocenters. The highest BCUT2D eigenvalue weighted by Crippen LogP contribution is 2.47. The number of carbonyl (C=O) groups excluding carboxylic acids is 3. The van der Waals surface area contributed by atoms with Gasteiger partial charge in [0.05, 0.1) is 26.3 Å². The van der Waals surface area contributed by atoms with Crippen LogP contribution in [0.5, 0.6) is 0 Å². The van der Waals surface area contributed by atoms with Gasteiger partial charge < -0.3 is 14.4 Å². The number of methoxy groups -OCH3 is 1. The monoisotopic (exact) mass is 524 g/mol. The number of aromatic nitrogens is 3. The third-order valence-electron chi connectivity index (χ3n) is 6.88. The van der Waals surface area contributed by atoms with Crippen molar-refractivity contribution in [3.63, 3.8) is 0 Å². The van der Waals surface area contributed by atoms with E-state index in [0.717, 1.165) is 9.58 Å². The van der Waals surface area contributed by atoms with Crippen molar-refractivity contribution in [1.82, 2.24) is 19.9 Å². The van der Waals surface area contributed by atoms with Gasteiger partial charge >= 0.3 is 11.9 Å². The van der Waals surface area contributed by atoms with Crippen molar-refractivity contribution in [2.75, 3.05) is 7.11 Å². The highest BCUT2D eigenvalue weighted by molar-refractivity contribution is 7.93. The van der Waals surface area contributed by atoms with Crippen molar-refractivity contribution in [2.45, 2.75) is 42.2 Å². The molecule has 192 valence electrons. The first-order valence-electron chi connectivity index (χ1n) is 11.5. The molecule has 3 heterocycles. The van der Waals surface area contributed by atoms with Crippen molar-refractivity contribution in [2.24, 2.45) is 0 Å². The highest BCUT2D eigenvalue weighted by atomic mass is 32.2. The number of hydrogen-bond acceptors (Lipinski definition) is 9. The summed E-state index contributed by atoms with van der Waals surface area (Å²) in [5.41, 5.74) is 1.26. The molecule has 37 heavy (non-hydrogen) atoms. The van der Waals surface area contributed by atoms with Crippen LogP contribution in [0.1, 0.15) is 41.1 Å². The van der Waals surface area contributed by atoms with Crippen molar-refractivity contribution in [3.8, 4) is 0 Å². The summed E-state index contributed by atoms with van der Waals surface area (Å²) < 4.78 is 37.2. The second-order valence-corrected chi connectivity index (χ2v) is 11.7. The van der Waals surface area contributed by atoms with Crippen LogP contribution in [0, 0.1) is 0 Å². The van der Waals surface area contributed by atoms with Crippen LogP contribution in [0.3, 0.4) is 0 Å². The van der Waals surface area contributed by atoms with Gasteiger partial charge in [-0.2, -0.15) is 0 Å². The Labute approximate surface area is 212 Å². The van der Waals surface area contributed by atoms with Crippen LogP contribution < -0.4 is 0 Å². The Bertz CT molecular complexity index is 1420. The van der Waals surface area contributed by atoms with Gasteiger partial charge in [0, 0.05) is 0 Å². The predicted molar refractivity (Wildman–Crippen MR) is 129 cm³/mol. The fourth-order valence-electron chi connectivity index (χ4n) is 4.93. The first kappa shape index (κ1) is 24.6. The number of carbonyl (C=O) groups is 3. The average molecular weight is 525 g/mol. The molecule has 1 aromatic heterocycles. The third-order valence-corrected chi connectivity index (χ3v) is 9.65. The first-order chi connectivity index (χ1) is 17.7. The molecule has 5 rings (SSSR count). The van der Waals surface area contributed by atoms with E-state index in [0.29, 0.717) is 11.1 Å². The molecule has 2 aromatic carbocycles. The van der Waals surface area contributed by atoms with Crippen LogP contribution in [0.2, 0.25) is 0 Å². The number of rotatable bonds is 7. The maximum atomic E-state index is 13.8. The third kappa shape index (κ3) is 3.97. The molecule has 2 saturated heterocycles. The number of benzene rings is 2. The summed E-state index contributed by atoms with van der Waals surface area (Å²) in [6, 6.07) is 16.7. The summed E-state index contributed by atoms with van der Waals surface area (Å²) in [5, 5.41) is 6.43. The molecule has 0 saturated carbocycles. The number of β-lactam (4-membered cyclic amide) rings is 1. The molecule has 1 amide bonds. The van der Waals surface area contributed by atoms with E-state index in [-0.39, 0.29) is 18.7 Å². The Morgan fingerprint density at radius 3 is 2.22 bits per heavy atom. The Balaban J connectivity index is 1.52. The van der Waals surface area contributed by atoms with Gasteiger partial charge in [-0.25, -0.2) is 22.7 Å². The number of sulfone groups is 1. The van der Waals surface area contributed by atoms with Crippen molar-refractivity contribution >= 4 is 27.7 Å². The van der Waals surface area contributed by atoms with E-state index in [4.69, 9.17) is 4.74 Å². The summed E-state index contributed by atoms with van der Waals surface area (Å²) in [4.78, 5) is 39.3. The molecule has 11 nitrogen and oxygen atoms in total. The lowest BCUT2D eigenvalue weighted by Crippen LogP contribution is -2.58. The fraction of sp³-hybridized carbons (Fsp3) is 0.320. The Morgan fingerprint density at radius 1 is 1.08 bits per heavy atom. The van der Waals surface area contributed by atoms with E-state index in [2.05, 4.69) is 15.0 Å². The number of hydrogen-bond donors (Lipinski definition) is 0. The van der Waals surface area contributed by atoms with Crippen LogP contribution in [0.25, 0.3) is 0 Å². The molecule has 2 fully saturated rings. The fourth-order valence-corrected chi connectivity index (χ4v) is 7.29. The minimum Gasteiger partial charge on any atom is -0.464 e. The van der Waals surface area contributed by atoms with Gasteiger partial charge in [-0.1, -0.05) is 65.9 Å². The molecule has 0 spiro atoms. The number of esters is 2. The summed E-state index contributed by atoms with van der Waals surface area (Å²) in [6.07, 6.45) is 0.200. The van der Waals surface area contributed by atoms with E-state index in [9.17, 15) is 22.8 Å². The Kier molecular flexibility index (Phi) is 6.06. The maximum Gasteiger partial charge on any atom is 0.360 e. The van der Waals surface area contributed by atoms with E-state index < -0.39 is 49.9 Å². The molecule has 3 aromatic rings. The molecule has 0 N–H and O–H groups in total. The van der Waals surface area contributed by atoms with Gasteiger partial charge in [0.15, 0.2) is 27.7 Å². The zero-order valence-corrected chi connectivity index (χ0v) is 20.9. The summed E-state index contributed by atoms with van der Waals surface area (Å²) in [6.45, 7) is 1.06.